The van der Waals surface area contributed by atoms with E-state index < -0.39 is 0 Å². The van der Waals surface area contributed by atoms with E-state index in [-0.39, 0.29) is 4.99 Å². The van der Waals surface area contributed by atoms with Crippen LogP contribution < -0.4 is 11.1 Å². The first kappa shape index (κ1) is 13.2. The van der Waals surface area contributed by atoms with Crippen molar-refractivity contribution in [2.75, 3.05) is 23.9 Å². The van der Waals surface area contributed by atoms with E-state index in [2.05, 4.69) is 28.5 Å². The summed E-state index contributed by atoms with van der Waals surface area (Å²) in [6.45, 7) is 3.09. The van der Waals surface area contributed by atoms with E-state index >= 15 is 0 Å². The van der Waals surface area contributed by atoms with Crippen molar-refractivity contribution in [2.45, 2.75) is 6.92 Å². The lowest BCUT2D eigenvalue weighted by Crippen LogP contribution is -2.16. The average molecular weight is 256 g/mol. The summed E-state index contributed by atoms with van der Waals surface area (Å²) in [5, 5.41) is 3.22. The molecule has 1 rings (SSSR count). The molecule has 0 aliphatic heterocycles. The number of nitrogens with one attached hydrogen (secondary N) is 1. The molecule has 0 amide bonds. The van der Waals surface area contributed by atoms with Crippen LogP contribution in [0.1, 0.15) is 12.6 Å². The zero-order chi connectivity index (χ0) is 12.0. The highest BCUT2D eigenvalue weighted by atomic mass is 32.2. The van der Waals surface area contributed by atoms with Crippen molar-refractivity contribution >= 4 is 34.8 Å². The Kier molecular flexibility index (Phi) is 5.48. The molecule has 16 heavy (non-hydrogen) atoms. The number of hydrogen-bond donors (Lipinski definition) is 2. The topological polar surface area (TPSA) is 63.8 Å². The number of nitrogens with zero attached hydrogens (tertiary/aromatic N) is 2. The molecule has 0 saturated heterocycles. The van der Waals surface area contributed by atoms with Crippen LogP contribution in [0.2, 0.25) is 0 Å². The zero-order valence-corrected chi connectivity index (χ0v) is 11.1. The molecule has 0 aromatic carbocycles. The molecule has 0 saturated carbocycles. The first-order chi connectivity index (χ1) is 7.63. The fourth-order valence-corrected chi connectivity index (χ4v) is 1.96. The molecule has 6 heteroatoms. The first-order valence-electron chi connectivity index (χ1n) is 4.98. The minimum absolute atomic E-state index is 0.273. The molecule has 3 N–H and O–H groups in total. The van der Waals surface area contributed by atoms with Crippen molar-refractivity contribution in [3.8, 4) is 0 Å². The molecule has 0 bridgehead atoms. The predicted octanol–water partition coefficient (Wildman–Crippen LogP) is 1.52. The molecule has 1 unspecified atom stereocenters. The van der Waals surface area contributed by atoms with Crippen molar-refractivity contribution < 1.29 is 0 Å². The summed E-state index contributed by atoms with van der Waals surface area (Å²) in [4.78, 5) is 8.56. The van der Waals surface area contributed by atoms with Gasteiger partial charge >= 0.3 is 0 Å². The Morgan fingerprint density at radius 2 is 2.31 bits per heavy atom. The van der Waals surface area contributed by atoms with E-state index in [0.717, 1.165) is 18.1 Å². The zero-order valence-electron chi connectivity index (χ0n) is 9.43. The second-order valence-corrected chi connectivity index (χ2v) is 4.94. The second-order valence-electron chi connectivity index (χ2n) is 3.59. The van der Waals surface area contributed by atoms with E-state index in [0.29, 0.717) is 11.6 Å². The molecule has 0 radical (unpaired) electrons. The Balaban J connectivity index is 2.46. The maximum absolute atomic E-state index is 5.43. The van der Waals surface area contributed by atoms with Gasteiger partial charge in [0.1, 0.15) is 16.5 Å². The highest BCUT2D eigenvalue weighted by molar-refractivity contribution is 7.98. The van der Waals surface area contributed by atoms with Gasteiger partial charge in [0.15, 0.2) is 0 Å². The molecule has 4 nitrogen and oxygen atoms in total. The summed E-state index contributed by atoms with van der Waals surface area (Å²) in [5.74, 6) is 2.49. The number of thioether (sulfide) groups is 1. The van der Waals surface area contributed by atoms with Crippen LogP contribution in [0.3, 0.4) is 0 Å². The molecule has 0 aliphatic carbocycles. The minimum atomic E-state index is 0.273. The van der Waals surface area contributed by atoms with E-state index in [1.165, 1.54) is 0 Å². The largest absolute Gasteiger partial charge is 0.388 e. The number of hydrogen-bond acceptors (Lipinski definition) is 5. The lowest BCUT2D eigenvalue weighted by atomic mass is 10.2. The van der Waals surface area contributed by atoms with Gasteiger partial charge in [0.25, 0.3) is 0 Å². The highest BCUT2D eigenvalue weighted by Gasteiger charge is 2.02. The Morgan fingerprint density at radius 1 is 1.56 bits per heavy atom. The van der Waals surface area contributed by atoms with Crippen molar-refractivity contribution in [2.24, 2.45) is 11.7 Å². The lowest BCUT2D eigenvalue weighted by Gasteiger charge is -2.11. The molecule has 0 spiro atoms. The average Bonchev–Trinajstić information content (AvgIpc) is 2.27. The maximum atomic E-state index is 5.43. The van der Waals surface area contributed by atoms with Crippen molar-refractivity contribution in [3.05, 3.63) is 18.1 Å². The van der Waals surface area contributed by atoms with Gasteiger partial charge in [-0.25, -0.2) is 9.97 Å². The summed E-state index contributed by atoms with van der Waals surface area (Å²) in [6.07, 6.45) is 5.34. The fourth-order valence-electron chi connectivity index (χ4n) is 1.17. The third kappa shape index (κ3) is 4.32. The Hall–Kier alpha value is -0.880. The van der Waals surface area contributed by atoms with Gasteiger partial charge in [-0.2, -0.15) is 11.8 Å². The van der Waals surface area contributed by atoms with Gasteiger partial charge in [-0.1, -0.05) is 19.1 Å². The van der Waals surface area contributed by atoms with Crippen molar-refractivity contribution in [1.82, 2.24) is 9.97 Å². The van der Waals surface area contributed by atoms with Gasteiger partial charge in [-0.3, -0.25) is 0 Å². The van der Waals surface area contributed by atoms with Crippen LogP contribution in [-0.2, 0) is 0 Å². The van der Waals surface area contributed by atoms with Crippen LogP contribution in [-0.4, -0.2) is 33.5 Å². The van der Waals surface area contributed by atoms with Crippen LogP contribution in [0.4, 0.5) is 5.82 Å². The number of anilines is 1. The number of rotatable bonds is 6. The monoisotopic (exact) mass is 256 g/mol. The molecule has 88 valence electrons. The highest BCUT2D eigenvalue weighted by Crippen LogP contribution is 2.06. The number of thiocarbonyl (C=S) groups is 1. The van der Waals surface area contributed by atoms with Crippen LogP contribution in [0.5, 0.6) is 0 Å². The molecule has 1 aromatic rings. The standard InChI is InChI=1S/C10H16N4S2/c1-7(6-16-2)3-13-9-5-12-8(4-14-9)10(11)15/h4-5,7H,3,6H2,1-2H3,(H2,11,15)(H,13,14). The molecule has 1 aromatic heterocycles. The number of aromatic nitrogens is 2. The normalized spacial score (nSPS) is 12.1. The second kappa shape index (κ2) is 6.65. The first-order valence-corrected chi connectivity index (χ1v) is 6.78. The van der Waals surface area contributed by atoms with Crippen LogP contribution >= 0.6 is 24.0 Å². The van der Waals surface area contributed by atoms with Gasteiger partial charge < -0.3 is 11.1 Å². The van der Waals surface area contributed by atoms with Crippen LogP contribution in [0.15, 0.2) is 12.4 Å². The summed E-state index contributed by atoms with van der Waals surface area (Å²) in [6, 6.07) is 0. The maximum Gasteiger partial charge on any atom is 0.144 e. The molecule has 1 heterocycles. The summed E-state index contributed by atoms with van der Waals surface area (Å²) >= 11 is 6.64. The third-order valence-electron chi connectivity index (χ3n) is 1.99. The lowest BCUT2D eigenvalue weighted by molar-refractivity contribution is 0.699. The summed E-state index contributed by atoms with van der Waals surface area (Å²) in [5.41, 5.74) is 5.98. The summed E-state index contributed by atoms with van der Waals surface area (Å²) < 4.78 is 0. The SMILES string of the molecule is CSCC(C)CNc1cnc(C(N)=S)cn1. The molecular weight excluding hydrogens is 240 g/mol. The Labute approximate surface area is 105 Å². The fraction of sp³-hybridized carbons (Fsp3) is 0.500. The summed E-state index contributed by atoms with van der Waals surface area (Å²) in [7, 11) is 0. The van der Waals surface area contributed by atoms with Gasteiger partial charge in [0, 0.05) is 6.54 Å². The van der Waals surface area contributed by atoms with Crippen molar-refractivity contribution in [1.29, 1.82) is 0 Å². The van der Waals surface area contributed by atoms with Crippen LogP contribution in [0, 0.1) is 5.92 Å². The molecular formula is C10H16N4S2. The smallest absolute Gasteiger partial charge is 0.144 e. The van der Waals surface area contributed by atoms with Gasteiger partial charge in [-0.15, -0.1) is 0 Å². The molecule has 0 fully saturated rings. The van der Waals surface area contributed by atoms with E-state index in [1.54, 1.807) is 12.4 Å². The van der Waals surface area contributed by atoms with Gasteiger partial charge in [0.05, 0.1) is 12.4 Å². The predicted molar refractivity (Wildman–Crippen MR) is 74.0 cm³/mol. The minimum Gasteiger partial charge on any atom is -0.388 e. The molecule has 1 atom stereocenters. The third-order valence-corrected chi connectivity index (χ3v) is 3.10. The van der Waals surface area contributed by atoms with Gasteiger partial charge in [0.2, 0.25) is 0 Å². The van der Waals surface area contributed by atoms with Crippen molar-refractivity contribution in [3.63, 3.8) is 0 Å². The quantitative estimate of drug-likeness (QED) is 0.753. The van der Waals surface area contributed by atoms with E-state index in [9.17, 15) is 0 Å². The van der Waals surface area contributed by atoms with E-state index in [4.69, 9.17) is 18.0 Å². The van der Waals surface area contributed by atoms with Crippen LogP contribution in [0.25, 0.3) is 0 Å². The Morgan fingerprint density at radius 3 is 2.81 bits per heavy atom. The number of nitrogens with two attached hydrogens (primary N) is 1. The Bertz CT molecular complexity index is 339. The molecule has 0 aliphatic rings. The van der Waals surface area contributed by atoms with E-state index in [1.807, 2.05) is 11.8 Å². The van der Waals surface area contributed by atoms with Gasteiger partial charge in [-0.05, 0) is 17.9 Å².